The molecule has 1 rings (SSSR count). The number of rotatable bonds is 2. The second-order valence-electron chi connectivity index (χ2n) is 3.36. The molecule has 0 atom stereocenters. The SMILES string of the molecule is CN(C)C(=S)NN.COc1cccc(C=O)c1O.[Zn]. The molecule has 0 amide bonds. The normalized spacial score (nSPS) is 8.21. The van der Waals surface area contributed by atoms with Crippen LogP contribution in [0, 0.1) is 0 Å². The van der Waals surface area contributed by atoms with Crippen molar-refractivity contribution >= 4 is 23.6 Å². The van der Waals surface area contributed by atoms with Crippen molar-refractivity contribution in [1.82, 2.24) is 10.3 Å². The minimum atomic E-state index is -0.106. The van der Waals surface area contributed by atoms with E-state index in [-0.39, 0.29) is 30.8 Å². The topological polar surface area (TPSA) is 87.8 Å². The standard InChI is InChI=1S/C8H8O3.C3H9N3S.Zn/c1-11-7-4-2-3-6(5-9)8(7)10;1-6(2)3(7)5-4;/h2-5,10H,1H3;4H2,1-2H3,(H,5,7);. The Bertz CT molecular complexity index is 416. The number of hydrogen-bond acceptors (Lipinski definition) is 5. The number of nitrogens with two attached hydrogens (primary N) is 1. The van der Waals surface area contributed by atoms with Crippen molar-refractivity contribution in [2.24, 2.45) is 5.84 Å². The number of hydrazine groups is 1. The van der Waals surface area contributed by atoms with E-state index in [2.05, 4.69) is 17.6 Å². The number of para-hydroxylation sites is 1. The maximum Gasteiger partial charge on any atom is 0.182 e. The van der Waals surface area contributed by atoms with Crippen molar-refractivity contribution in [3.63, 3.8) is 0 Å². The molecule has 0 radical (unpaired) electrons. The predicted molar refractivity (Wildman–Crippen MR) is 73.7 cm³/mol. The third kappa shape index (κ3) is 7.05. The zero-order chi connectivity index (χ0) is 14.1. The molecule has 0 bridgehead atoms. The summed E-state index contributed by atoms with van der Waals surface area (Å²) in [4.78, 5) is 12.0. The average Bonchev–Trinajstić information content (AvgIpc) is 2.38. The maximum absolute atomic E-state index is 10.3. The molecule has 19 heavy (non-hydrogen) atoms. The van der Waals surface area contributed by atoms with Gasteiger partial charge in [0.2, 0.25) is 0 Å². The third-order valence-corrected chi connectivity index (χ3v) is 2.39. The fraction of sp³-hybridized carbons (Fsp3) is 0.273. The molecule has 0 aliphatic rings. The summed E-state index contributed by atoms with van der Waals surface area (Å²) in [5.74, 6) is 5.15. The summed E-state index contributed by atoms with van der Waals surface area (Å²) in [7, 11) is 5.08. The van der Waals surface area contributed by atoms with Gasteiger partial charge in [-0.3, -0.25) is 4.79 Å². The summed E-state index contributed by atoms with van der Waals surface area (Å²) < 4.78 is 4.78. The Morgan fingerprint density at radius 3 is 2.42 bits per heavy atom. The van der Waals surface area contributed by atoms with Gasteiger partial charge >= 0.3 is 0 Å². The van der Waals surface area contributed by atoms with Gasteiger partial charge in [0.25, 0.3) is 0 Å². The van der Waals surface area contributed by atoms with Crippen LogP contribution in [0.3, 0.4) is 0 Å². The van der Waals surface area contributed by atoms with E-state index >= 15 is 0 Å². The first-order chi connectivity index (χ1) is 8.47. The summed E-state index contributed by atoms with van der Waals surface area (Å²) in [5.41, 5.74) is 2.56. The van der Waals surface area contributed by atoms with Gasteiger partial charge in [-0.05, 0) is 24.4 Å². The van der Waals surface area contributed by atoms with E-state index in [9.17, 15) is 9.90 Å². The van der Waals surface area contributed by atoms with Gasteiger partial charge in [0.15, 0.2) is 22.9 Å². The van der Waals surface area contributed by atoms with Crippen LogP contribution in [-0.2, 0) is 19.5 Å². The van der Waals surface area contributed by atoms with Crippen LogP contribution in [0.5, 0.6) is 11.5 Å². The quantitative estimate of drug-likeness (QED) is 0.238. The molecule has 0 spiro atoms. The van der Waals surface area contributed by atoms with Gasteiger partial charge in [0, 0.05) is 33.6 Å². The molecule has 0 aliphatic heterocycles. The number of hydrogen-bond donors (Lipinski definition) is 3. The van der Waals surface area contributed by atoms with Crippen molar-refractivity contribution in [2.45, 2.75) is 0 Å². The number of phenols is 1. The fourth-order valence-corrected chi connectivity index (χ4v) is 0.928. The molecule has 0 saturated heterocycles. The zero-order valence-corrected chi connectivity index (χ0v) is 15.0. The van der Waals surface area contributed by atoms with Gasteiger partial charge in [-0.25, -0.2) is 5.84 Å². The molecule has 0 aromatic heterocycles. The first-order valence-electron chi connectivity index (χ1n) is 4.97. The van der Waals surface area contributed by atoms with Gasteiger partial charge in [-0.1, -0.05) is 6.07 Å². The maximum atomic E-state index is 10.3. The Hall–Kier alpha value is -1.24. The van der Waals surface area contributed by atoms with E-state index in [0.717, 1.165) is 0 Å². The van der Waals surface area contributed by atoms with Gasteiger partial charge in [-0.15, -0.1) is 0 Å². The number of aldehydes is 1. The Morgan fingerprint density at radius 1 is 1.53 bits per heavy atom. The summed E-state index contributed by atoms with van der Waals surface area (Å²) in [6.07, 6.45) is 0.581. The molecule has 1 aromatic carbocycles. The van der Waals surface area contributed by atoms with Gasteiger partial charge < -0.3 is 20.2 Å². The Morgan fingerprint density at radius 2 is 2.11 bits per heavy atom. The minimum Gasteiger partial charge on any atom is -0.504 e. The Kier molecular flexibility index (Phi) is 11.3. The monoisotopic (exact) mass is 335 g/mol. The Labute approximate surface area is 130 Å². The smallest absolute Gasteiger partial charge is 0.182 e. The first-order valence-corrected chi connectivity index (χ1v) is 5.37. The fourth-order valence-electron chi connectivity index (χ4n) is 0.928. The first kappa shape index (κ1) is 20.1. The van der Waals surface area contributed by atoms with E-state index in [0.29, 0.717) is 17.1 Å². The summed E-state index contributed by atoms with van der Waals surface area (Å²) in [5, 5.41) is 9.77. The summed E-state index contributed by atoms with van der Waals surface area (Å²) in [6.45, 7) is 0. The van der Waals surface area contributed by atoms with Crippen LogP contribution in [0.15, 0.2) is 18.2 Å². The molecule has 6 nitrogen and oxygen atoms in total. The molecule has 0 saturated carbocycles. The second-order valence-corrected chi connectivity index (χ2v) is 3.75. The predicted octanol–water partition coefficient (Wildman–Crippen LogP) is 0.507. The number of methoxy groups -OCH3 is 1. The number of phenolic OH excluding ortho intramolecular Hbond substituents is 1. The average molecular weight is 337 g/mol. The van der Waals surface area contributed by atoms with E-state index in [4.69, 9.17) is 10.6 Å². The van der Waals surface area contributed by atoms with Crippen LogP contribution in [0.1, 0.15) is 10.4 Å². The number of carbonyl (C=O) groups is 1. The van der Waals surface area contributed by atoms with Crippen LogP contribution >= 0.6 is 12.2 Å². The van der Waals surface area contributed by atoms with Crippen LogP contribution in [0.25, 0.3) is 0 Å². The van der Waals surface area contributed by atoms with E-state index in [1.165, 1.54) is 13.2 Å². The number of aromatic hydroxyl groups is 1. The number of ether oxygens (including phenoxy) is 1. The van der Waals surface area contributed by atoms with Crippen molar-refractivity contribution in [3.05, 3.63) is 23.8 Å². The summed E-state index contributed by atoms with van der Waals surface area (Å²) in [6, 6.07) is 4.75. The largest absolute Gasteiger partial charge is 0.504 e. The molecule has 0 unspecified atom stereocenters. The molecular weight excluding hydrogens is 320 g/mol. The van der Waals surface area contributed by atoms with Gasteiger partial charge in [0.05, 0.1) is 12.7 Å². The van der Waals surface area contributed by atoms with Crippen molar-refractivity contribution in [3.8, 4) is 11.5 Å². The molecule has 0 fully saturated rings. The molecule has 1 aromatic rings. The number of benzene rings is 1. The van der Waals surface area contributed by atoms with Crippen molar-refractivity contribution < 1.29 is 34.1 Å². The van der Waals surface area contributed by atoms with Gasteiger partial charge in [-0.2, -0.15) is 0 Å². The van der Waals surface area contributed by atoms with Crippen LogP contribution < -0.4 is 16.0 Å². The molecule has 0 heterocycles. The van der Waals surface area contributed by atoms with Crippen LogP contribution in [0.2, 0.25) is 0 Å². The molecule has 102 valence electrons. The molecule has 4 N–H and O–H groups in total. The number of carbonyl (C=O) groups excluding carboxylic acids is 1. The van der Waals surface area contributed by atoms with Crippen LogP contribution in [0.4, 0.5) is 0 Å². The molecule has 8 heteroatoms. The van der Waals surface area contributed by atoms with Crippen LogP contribution in [-0.4, -0.2) is 42.6 Å². The Balaban J connectivity index is 0. The van der Waals surface area contributed by atoms with E-state index < -0.39 is 0 Å². The number of nitrogens with one attached hydrogen (secondary N) is 1. The summed E-state index contributed by atoms with van der Waals surface area (Å²) >= 11 is 4.67. The number of thiocarbonyl (C=S) groups is 1. The van der Waals surface area contributed by atoms with Crippen molar-refractivity contribution in [2.75, 3.05) is 21.2 Å². The van der Waals surface area contributed by atoms with E-state index in [1.54, 1.807) is 17.0 Å². The minimum absolute atomic E-state index is 0. The third-order valence-electron chi connectivity index (χ3n) is 1.91. The van der Waals surface area contributed by atoms with Crippen molar-refractivity contribution in [1.29, 1.82) is 0 Å². The zero-order valence-electron chi connectivity index (χ0n) is 11.2. The number of nitrogens with zero attached hydrogens (tertiary/aromatic N) is 1. The van der Waals surface area contributed by atoms with Gasteiger partial charge in [0.1, 0.15) is 0 Å². The van der Waals surface area contributed by atoms with E-state index in [1.807, 2.05) is 14.1 Å². The molecule has 0 aliphatic carbocycles. The second kappa shape index (κ2) is 10.7. The molecular formula is C11H17N3O3SZn.